The highest BCUT2D eigenvalue weighted by Crippen LogP contribution is 2.15. The summed E-state index contributed by atoms with van der Waals surface area (Å²) in [6.07, 6.45) is 2.89. The SMILES string of the molecule is C.CC(C)(C)NCCCCCNC(=O)N[C@@H](CCC(=O)O)C(=O)O.CC(C)(C)Nc1ccc(CCNC(=O)N[C@@H](CCC(=O)O)C(=O)O)cc1.O=C=O.O=C=O. The van der Waals surface area contributed by atoms with Crippen LogP contribution in [0.3, 0.4) is 0 Å². The Labute approximate surface area is 326 Å². The van der Waals surface area contributed by atoms with Crippen LogP contribution >= 0.6 is 0 Å². The maximum absolute atomic E-state index is 11.8. The summed E-state index contributed by atoms with van der Waals surface area (Å²) in [5.74, 6) is -4.71. The molecule has 0 aliphatic rings. The van der Waals surface area contributed by atoms with Crippen molar-refractivity contribution < 1.29 is 68.4 Å². The van der Waals surface area contributed by atoms with E-state index in [-0.39, 0.29) is 56.5 Å². The van der Waals surface area contributed by atoms with Gasteiger partial charge in [0.2, 0.25) is 0 Å². The molecule has 4 amide bonds. The van der Waals surface area contributed by atoms with E-state index in [1.165, 1.54) is 0 Å². The van der Waals surface area contributed by atoms with E-state index in [1.54, 1.807) is 0 Å². The maximum atomic E-state index is 11.8. The average molecular weight is 801 g/mol. The number of nitrogens with one attached hydrogen (secondary N) is 6. The van der Waals surface area contributed by atoms with Crippen LogP contribution in [0.5, 0.6) is 0 Å². The number of urea groups is 2. The van der Waals surface area contributed by atoms with Gasteiger partial charge in [0.15, 0.2) is 0 Å². The summed E-state index contributed by atoms with van der Waals surface area (Å²) in [5.41, 5.74) is 2.11. The molecule has 0 aromatic heterocycles. The van der Waals surface area contributed by atoms with Crippen molar-refractivity contribution >= 4 is 53.9 Å². The zero-order valence-corrected chi connectivity index (χ0v) is 32.1. The predicted molar refractivity (Wildman–Crippen MR) is 202 cm³/mol. The van der Waals surface area contributed by atoms with Gasteiger partial charge in [0.1, 0.15) is 12.1 Å². The monoisotopic (exact) mass is 800 g/mol. The number of carbonyl (C=O) groups excluding carboxylic acids is 6. The zero-order valence-electron chi connectivity index (χ0n) is 32.1. The summed E-state index contributed by atoms with van der Waals surface area (Å²) in [4.78, 5) is 98.8. The number of rotatable bonds is 20. The fourth-order valence-corrected chi connectivity index (χ4v) is 4.07. The minimum absolute atomic E-state index is 0. The molecule has 0 saturated heterocycles. The first-order valence-corrected chi connectivity index (χ1v) is 17.1. The molecule has 1 rings (SSSR count). The number of benzene rings is 1. The smallest absolute Gasteiger partial charge is 0.373 e. The number of anilines is 1. The maximum Gasteiger partial charge on any atom is 0.373 e. The number of carboxylic acids is 4. The molecule has 318 valence electrons. The second-order valence-electron chi connectivity index (χ2n) is 13.7. The van der Waals surface area contributed by atoms with Gasteiger partial charge in [-0.1, -0.05) is 26.0 Å². The minimum Gasteiger partial charge on any atom is -0.481 e. The summed E-state index contributed by atoms with van der Waals surface area (Å²) in [7, 11) is 0. The molecule has 56 heavy (non-hydrogen) atoms. The Bertz CT molecular complexity index is 1370. The third kappa shape index (κ3) is 39.4. The van der Waals surface area contributed by atoms with E-state index < -0.39 is 48.0 Å². The molecule has 10 N–H and O–H groups in total. The Hall–Kier alpha value is -5.84. The van der Waals surface area contributed by atoms with E-state index in [1.807, 2.05) is 24.3 Å². The van der Waals surface area contributed by atoms with Crippen LogP contribution in [0.2, 0.25) is 0 Å². The van der Waals surface area contributed by atoms with E-state index in [0.717, 1.165) is 37.1 Å². The van der Waals surface area contributed by atoms with Crippen LogP contribution in [0.4, 0.5) is 15.3 Å². The Kier molecular flexibility index (Phi) is 33.1. The number of hydrogen-bond donors (Lipinski definition) is 10. The summed E-state index contributed by atoms with van der Waals surface area (Å²) >= 11 is 0. The normalized spacial score (nSPS) is 11.0. The van der Waals surface area contributed by atoms with Gasteiger partial charge in [0, 0.05) is 42.7 Å². The summed E-state index contributed by atoms with van der Waals surface area (Å²) in [6, 6.07) is 4.21. The van der Waals surface area contributed by atoms with Gasteiger partial charge < -0.3 is 52.3 Å². The fourth-order valence-electron chi connectivity index (χ4n) is 4.07. The average Bonchev–Trinajstić information content (AvgIpc) is 3.04. The highest BCUT2D eigenvalue weighted by Gasteiger charge is 2.21. The number of carboxylic acid groups (broad SMARTS) is 4. The standard InChI is InChI=1S/C18H27N3O5.C15H29N3O5.2CO2.CH4/c1-18(2,3)21-13-6-4-12(5-7-13)10-11-19-17(26)20-14(16(24)25)8-9-15(22)23;1-15(2,3)17-10-6-4-5-9-16-14(23)18-11(13(21)22)7-8-12(19)20;2*2-1-3;/h4-7,14,21H,8-11H2,1-3H3,(H,22,23)(H,24,25)(H2,19,20,26);11,17H,4-10H2,1-3H3,(H,19,20)(H,21,22)(H2,16,18,23);;;1H4/t14-;11-;;;/m00.../s1. The van der Waals surface area contributed by atoms with Crippen molar-refractivity contribution in [2.24, 2.45) is 0 Å². The first kappa shape index (κ1) is 56.9. The van der Waals surface area contributed by atoms with Gasteiger partial charge in [-0.15, -0.1) is 0 Å². The van der Waals surface area contributed by atoms with Gasteiger partial charge in [0.05, 0.1) is 0 Å². The van der Waals surface area contributed by atoms with Crippen molar-refractivity contribution in [3.63, 3.8) is 0 Å². The van der Waals surface area contributed by atoms with Crippen molar-refractivity contribution in [2.45, 2.75) is 123 Å². The van der Waals surface area contributed by atoms with Crippen LogP contribution in [0, 0.1) is 0 Å². The Balaban J connectivity index is -0.000000418. The summed E-state index contributed by atoms with van der Waals surface area (Å²) in [5, 5.41) is 51.5. The second-order valence-corrected chi connectivity index (χ2v) is 13.7. The van der Waals surface area contributed by atoms with E-state index in [4.69, 9.17) is 39.6 Å². The third-order valence-corrected chi connectivity index (χ3v) is 6.47. The molecule has 1 aromatic carbocycles. The molecule has 0 aliphatic heterocycles. The quantitative estimate of drug-likeness (QED) is 0.0848. The van der Waals surface area contributed by atoms with Gasteiger partial charge in [0.25, 0.3) is 0 Å². The van der Waals surface area contributed by atoms with Crippen molar-refractivity contribution in [2.75, 3.05) is 25.0 Å². The molecule has 0 radical (unpaired) electrons. The van der Waals surface area contributed by atoms with Crippen LogP contribution in [0.1, 0.15) is 99.5 Å². The van der Waals surface area contributed by atoms with Gasteiger partial charge in [-0.2, -0.15) is 19.2 Å². The summed E-state index contributed by atoms with van der Waals surface area (Å²) in [6.45, 7) is 14.2. The lowest BCUT2D eigenvalue weighted by Crippen LogP contribution is -2.46. The number of unbranched alkanes of at least 4 members (excludes halogenated alkanes) is 2. The van der Waals surface area contributed by atoms with Crippen LogP contribution < -0.4 is 31.9 Å². The molecule has 20 nitrogen and oxygen atoms in total. The molecule has 2 atom stereocenters. The highest BCUT2D eigenvalue weighted by atomic mass is 16.4. The van der Waals surface area contributed by atoms with Gasteiger partial charge in [-0.3, -0.25) is 9.59 Å². The van der Waals surface area contributed by atoms with Crippen molar-refractivity contribution in [1.82, 2.24) is 26.6 Å². The van der Waals surface area contributed by atoms with Crippen LogP contribution in [0.15, 0.2) is 24.3 Å². The van der Waals surface area contributed by atoms with E-state index >= 15 is 0 Å². The Morgan fingerprint density at radius 1 is 0.607 bits per heavy atom. The van der Waals surface area contributed by atoms with Gasteiger partial charge >= 0.3 is 48.2 Å². The largest absolute Gasteiger partial charge is 0.481 e. The first-order chi connectivity index (χ1) is 25.5. The van der Waals surface area contributed by atoms with Gasteiger partial charge in [-0.25, -0.2) is 19.2 Å². The zero-order chi connectivity index (χ0) is 43.0. The molecule has 0 fully saturated rings. The predicted octanol–water partition coefficient (Wildman–Crippen LogP) is 2.69. The first-order valence-electron chi connectivity index (χ1n) is 17.1. The molecule has 0 aliphatic carbocycles. The number of carbonyl (C=O) groups is 6. The Morgan fingerprint density at radius 3 is 1.36 bits per heavy atom. The van der Waals surface area contributed by atoms with Crippen LogP contribution in [0.25, 0.3) is 0 Å². The molecule has 20 heteroatoms. The van der Waals surface area contributed by atoms with Crippen molar-refractivity contribution in [3.05, 3.63) is 29.8 Å². The van der Waals surface area contributed by atoms with E-state index in [0.29, 0.717) is 19.5 Å². The molecular formula is C36H60N6O14. The highest BCUT2D eigenvalue weighted by molar-refractivity contribution is 5.83. The van der Waals surface area contributed by atoms with Crippen LogP contribution in [-0.2, 0) is 44.8 Å². The van der Waals surface area contributed by atoms with Crippen LogP contribution in [-0.4, -0.2) is 111 Å². The topological polar surface area (TPSA) is 324 Å². The summed E-state index contributed by atoms with van der Waals surface area (Å²) < 4.78 is 0. The molecule has 1 aromatic rings. The van der Waals surface area contributed by atoms with E-state index in [9.17, 15) is 28.8 Å². The second kappa shape index (κ2) is 32.6. The lowest BCUT2D eigenvalue weighted by Gasteiger charge is -2.22. The van der Waals surface area contributed by atoms with Gasteiger partial charge in [-0.05, 0) is 97.9 Å². The lowest BCUT2D eigenvalue weighted by atomic mass is 10.1. The third-order valence-electron chi connectivity index (χ3n) is 6.47. The fraction of sp³-hybridized carbons (Fsp3) is 0.611. The minimum atomic E-state index is -1.26. The molecule has 0 saturated carbocycles. The van der Waals surface area contributed by atoms with Crippen molar-refractivity contribution in [1.29, 1.82) is 0 Å². The molecule has 0 spiro atoms. The number of hydrogen-bond acceptors (Lipinski definition) is 12. The molecule has 0 heterocycles. The molecule has 0 unspecified atom stereocenters. The lowest BCUT2D eigenvalue weighted by molar-refractivity contribution is -0.193. The molecular weight excluding hydrogens is 740 g/mol. The molecule has 0 bridgehead atoms. The van der Waals surface area contributed by atoms with Crippen molar-refractivity contribution in [3.8, 4) is 0 Å². The Morgan fingerprint density at radius 2 is 1.00 bits per heavy atom. The van der Waals surface area contributed by atoms with E-state index in [2.05, 4.69) is 73.4 Å². The number of amides is 4. The number of aliphatic carboxylic acids is 4.